The molecule has 0 amide bonds. The topological polar surface area (TPSA) is 49.3 Å². The van der Waals surface area contributed by atoms with Crippen molar-refractivity contribution in [2.75, 3.05) is 5.75 Å². The number of rotatable bonds is 7. The molecule has 0 saturated heterocycles. The normalized spacial score (nSPS) is 23.7. The van der Waals surface area contributed by atoms with Gasteiger partial charge < -0.3 is 10.4 Å². The van der Waals surface area contributed by atoms with Crippen molar-refractivity contribution in [3.05, 3.63) is 30.3 Å². The van der Waals surface area contributed by atoms with Gasteiger partial charge in [0.25, 0.3) is 0 Å². The first-order valence-corrected chi connectivity index (χ1v) is 8.84. The second kappa shape index (κ2) is 8.44. The lowest BCUT2D eigenvalue weighted by Crippen LogP contribution is -2.42. The van der Waals surface area contributed by atoms with Gasteiger partial charge in [-0.3, -0.25) is 4.79 Å². The second-order valence-electron chi connectivity index (χ2n) is 5.78. The molecule has 3 nitrogen and oxygen atoms in total. The molecule has 2 rings (SSSR count). The Kier molecular flexibility index (Phi) is 6.58. The Morgan fingerprint density at radius 2 is 1.95 bits per heavy atom. The van der Waals surface area contributed by atoms with Gasteiger partial charge in [-0.25, -0.2) is 0 Å². The molecular formula is C17H25NO2S. The third-order valence-electron chi connectivity index (χ3n) is 4.24. The van der Waals surface area contributed by atoms with Gasteiger partial charge in [-0.2, -0.15) is 0 Å². The van der Waals surface area contributed by atoms with Gasteiger partial charge in [0.2, 0.25) is 0 Å². The number of hydrogen-bond donors (Lipinski definition) is 2. The molecule has 0 heterocycles. The van der Waals surface area contributed by atoms with E-state index in [1.807, 2.05) is 17.8 Å². The molecule has 0 radical (unpaired) electrons. The van der Waals surface area contributed by atoms with Crippen LogP contribution in [0, 0.1) is 5.92 Å². The molecular weight excluding hydrogens is 282 g/mol. The lowest BCUT2D eigenvalue weighted by Gasteiger charge is -2.30. The van der Waals surface area contributed by atoms with E-state index in [2.05, 4.69) is 36.5 Å². The molecule has 1 aromatic carbocycles. The summed E-state index contributed by atoms with van der Waals surface area (Å²) in [6.45, 7) is 2.21. The third-order valence-corrected chi connectivity index (χ3v) is 5.41. The molecule has 2 N–H and O–H groups in total. The standard InChI is InChI=1S/C17H25NO2S/c1-2-14(12-21-16-6-4-3-5-7-16)18-15-10-8-13(9-11-15)17(19)20/h3-7,13-15,18H,2,8-12H2,1H3,(H,19,20). The van der Waals surface area contributed by atoms with Crippen molar-refractivity contribution in [3.8, 4) is 0 Å². The Labute approximate surface area is 131 Å². The first-order valence-electron chi connectivity index (χ1n) is 7.85. The van der Waals surface area contributed by atoms with Crippen LogP contribution < -0.4 is 5.32 Å². The molecule has 1 saturated carbocycles. The van der Waals surface area contributed by atoms with Gasteiger partial charge >= 0.3 is 5.97 Å². The maximum absolute atomic E-state index is 11.0. The van der Waals surface area contributed by atoms with Crippen LogP contribution >= 0.6 is 11.8 Å². The van der Waals surface area contributed by atoms with Crippen LogP contribution in [0.4, 0.5) is 0 Å². The minimum Gasteiger partial charge on any atom is -0.481 e. The number of carbonyl (C=O) groups is 1. The highest BCUT2D eigenvalue weighted by atomic mass is 32.2. The van der Waals surface area contributed by atoms with E-state index in [9.17, 15) is 4.79 Å². The number of thioether (sulfide) groups is 1. The maximum atomic E-state index is 11.0. The van der Waals surface area contributed by atoms with E-state index in [1.54, 1.807) is 0 Å². The van der Waals surface area contributed by atoms with Gasteiger partial charge in [0.15, 0.2) is 0 Å². The fourth-order valence-electron chi connectivity index (χ4n) is 2.84. The fraction of sp³-hybridized carbons (Fsp3) is 0.588. The van der Waals surface area contributed by atoms with Crippen LogP contribution in [-0.2, 0) is 4.79 Å². The van der Waals surface area contributed by atoms with Gasteiger partial charge in [-0.1, -0.05) is 25.1 Å². The molecule has 4 heteroatoms. The molecule has 0 spiro atoms. The number of carboxylic acids is 1. The number of nitrogens with one attached hydrogen (secondary N) is 1. The molecule has 116 valence electrons. The number of carboxylic acid groups (broad SMARTS) is 1. The Morgan fingerprint density at radius 1 is 1.29 bits per heavy atom. The number of hydrogen-bond acceptors (Lipinski definition) is 3. The first-order chi connectivity index (χ1) is 10.2. The summed E-state index contributed by atoms with van der Waals surface area (Å²) in [5.41, 5.74) is 0. The summed E-state index contributed by atoms with van der Waals surface area (Å²) < 4.78 is 0. The molecule has 1 aliphatic carbocycles. The summed E-state index contributed by atoms with van der Waals surface area (Å²) in [6.07, 6.45) is 4.72. The van der Waals surface area contributed by atoms with Crippen LogP contribution in [0.15, 0.2) is 35.2 Å². The number of aliphatic carboxylic acids is 1. The molecule has 1 aliphatic rings. The summed E-state index contributed by atoms with van der Waals surface area (Å²) in [6, 6.07) is 11.5. The largest absolute Gasteiger partial charge is 0.481 e. The van der Waals surface area contributed by atoms with Crippen LogP contribution in [0.5, 0.6) is 0 Å². The van der Waals surface area contributed by atoms with Crippen molar-refractivity contribution in [2.45, 2.75) is 56.0 Å². The summed E-state index contributed by atoms with van der Waals surface area (Å²) in [7, 11) is 0. The van der Waals surface area contributed by atoms with Crippen molar-refractivity contribution < 1.29 is 9.90 Å². The summed E-state index contributed by atoms with van der Waals surface area (Å²) >= 11 is 1.89. The van der Waals surface area contributed by atoms with Crippen molar-refractivity contribution in [1.82, 2.24) is 5.32 Å². The third kappa shape index (κ3) is 5.36. The van der Waals surface area contributed by atoms with Crippen molar-refractivity contribution >= 4 is 17.7 Å². The van der Waals surface area contributed by atoms with E-state index < -0.39 is 5.97 Å². The molecule has 1 aromatic rings. The minimum absolute atomic E-state index is 0.123. The van der Waals surface area contributed by atoms with Gasteiger partial charge in [-0.05, 0) is 44.2 Å². The monoisotopic (exact) mass is 307 g/mol. The van der Waals surface area contributed by atoms with Crippen molar-refractivity contribution in [1.29, 1.82) is 0 Å². The van der Waals surface area contributed by atoms with Gasteiger partial charge in [-0.15, -0.1) is 11.8 Å². The molecule has 0 aromatic heterocycles. The van der Waals surface area contributed by atoms with E-state index in [1.165, 1.54) is 4.90 Å². The van der Waals surface area contributed by atoms with Gasteiger partial charge in [0, 0.05) is 22.7 Å². The Bertz CT molecular complexity index is 430. The highest BCUT2D eigenvalue weighted by Gasteiger charge is 2.26. The number of benzene rings is 1. The molecule has 1 fully saturated rings. The van der Waals surface area contributed by atoms with E-state index in [-0.39, 0.29) is 5.92 Å². The van der Waals surface area contributed by atoms with Crippen LogP contribution in [0.25, 0.3) is 0 Å². The average Bonchev–Trinajstić information content (AvgIpc) is 2.53. The van der Waals surface area contributed by atoms with Crippen molar-refractivity contribution in [3.63, 3.8) is 0 Å². The highest BCUT2D eigenvalue weighted by molar-refractivity contribution is 7.99. The fourth-order valence-corrected chi connectivity index (χ4v) is 3.91. The van der Waals surface area contributed by atoms with Crippen LogP contribution in [0.1, 0.15) is 39.0 Å². The van der Waals surface area contributed by atoms with E-state index >= 15 is 0 Å². The zero-order valence-electron chi connectivity index (χ0n) is 12.6. The van der Waals surface area contributed by atoms with E-state index in [0.29, 0.717) is 12.1 Å². The van der Waals surface area contributed by atoms with E-state index in [0.717, 1.165) is 37.9 Å². The highest BCUT2D eigenvalue weighted by Crippen LogP contribution is 2.26. The molecule has 1 atom stereocenters. The Morgan fingerprint density at radius 3 is 2.52 bits per heavy atom. The quantitative estimate of drug-likeness (QED) is 0.753. The Balaban J connectivity index is 1.74. The minimum atomic E-state index is -0.625. The Hall–Kier alpha value is -1.00. The first kappa shape index (κ1) is 16.4. The zero-order valence-corrected chi connectivity index (χ0v) is 13.4. The lowest BCUT2D eigenvalue weighted by molar-refractivity contribution is -0.142. The molecule has 21 heavy (non-hydrogen) atoms. The SMILES string of the molecule is CCC(CSc1ccccc1)NC1CCC(C(=O)O)CC1. The summed E-state index contributed by atoms with van der Waals surface area (Å²) in [5, 5.41) is 12.8. The lowest BCUT2D eigenvalue weighted by atomic mass is 9.86. The zero-order chi connectivity index (χ0) is 15.1. The smallest absolute Gasteiger partial charge is 0.306 e. The maximum Gasteiger partial charge on any atom is 0.306 e. The van der Waals surface area contributed by atoms with Crippen LogP contribution in [-0.4, -0.2) is 28.9 Å². The molecule has 1 unspecified atom stereocenters. The predicted molar refractivity (Wildman–Crippen MR) is 87.8 cm³/mol. The summed E-state index contributed by atoms with van der Waals surface area (Å²) in [4.78, 5) is 12.3. The second-order valence-corrected chi connectivity index (χ2v) is 6.88. The van der Waals surface area contributed by atoms with Crippen LogP contribution in [0.2, 0.25) is 0 Å². The molecule has 0 aliphatic heterocycles. The van der Waals surface area contributed by atoms with Gasteiger partial charge in [0.1, 0.15) is 0 Å². The van der Waals surface area contributed by atoms with E-state index in [4.69, 9.17) is 5.11 Å². The van der Waals surface area contributed by atoms with Gasteiger partial charge in [0.05, 0.1) is 5.92 Å². The van der Waals surface area contributed by atoms with Crippen molar-refractivity contribution in [2.24, 2.45) is 5.92 Å². The predicted octanol–water partition coefficient (Wildman–Crippen LogP) is 3.79. The molecule has 0 bridgehead atoms. The summed E-state index contributed by atoms with van der Waals surface area (Å²) in [5.74, 6) is 0.321. The van der Waals surface area contributed by atoms with Crippen LogP contribution in [0.3, 0.4) is 0 Å². The average molecular weight is 307 g/mol.